The number of aryl methyl sites for hydroxylation is 5. The largest absolute Gasteiger partial charge is 0.379 e. The van der Waals surface area contributed by atoms with Crippen molar-refractivity contribution in [3.8, 4) is 22.8 Å². The van der Waals surface area contributed by atoms with E-state index in [0.29, 0.717) is 56.6 Å². The van der Waals surface area contributed by atoms with Crippen LogP contribution in [0.3, 0.4) is 0 Å². The predicted octanol–water partition coefficient (Wildman–Crippen LogP) is 8.77. The number of anilines is 5. The number of nitrogens with zero attached hydrogens (tertiary/aromatic N) is 8. The molecule has 0 aliphatic rings. The highest BCUT2D eigenvalue weighted by Crippen LogP contribution is 2.32. The van der Waals surface area contributed by atoms with Crippen LogP contribution in [0.4, 0.5) is 46.0 Å². The van der Waals surface area contributed by atoms with Crippen molar-refractivity contribution in [2.45, 2.75) is 34.2 Å². The fourth-order valence-electron chi connectivity index (χ4n) is 5.62. The van der Waals surface area contributed by atoms with Crippen molar-refractivity contribution in [2.75, 3.05) is 35.8 Å². The van der Waals surface area contributed by atoms with Gasteiger partial charge in [0.2, 0.25) is 0 Å². The molecule has 56 heavy (non-hydrogen) atoms. The lowest BCUT2D eigenvalue weighted by Crippen LogP contribution is -2.09. The molecule has 0 amide bonds. The molecule has 0 aromatic carbocycles. The molecule has 7 heterocycles. The van der Waals surface area contributed by atoms with Crippen LogP contribution in [-0.2, 0) is 6.54 Å². The van der Waals surface area contributed by atoms with E-state index in [2.05, 4.69) is 51.0 Å². The van der Waals surface area contributed by atoms with E-state index in [1.807, 2.05) is 13.8 Å². The van der Waals surface area contributed by atoms with Gasteiger partial charge in [0.25, 0.3) is 0 Å². The van der Waals surface area contributed by atoms with Gasteiger partial charge in [0.05, 0.1) is 41.2 Å². The van der Waals surface area contributed by atoms with E-state index >= 15 is 0 Å². The van der Waals surface area contributed by atoms with Crippen molar-refractivity contribution >= 4 is 45.7 Å². The Balaban J connectivity index is 0.000000190. The summed E-state index contributed by atoms with van der Waals surface area (Å²) in [5.74, 6) is -0.877. The summed E-state index contributed by atoms with van der Waals surface area (Å²) in [6.45, 7) is 6.58. The number of hydrogen-bond donors (Lipinski definition) is 4. The second-order valence-electron chi connectivity index (χ2n) is 12.6. The van der Waals surface area contributed by atoms with Gasteiger partial charge in [-0.15, -0.1) is 0 Å². The predicted molar refractivity (Wildman–Crippen MR) is 210 cm³/mol. The summed E-state index contributed by atoms with van der Waals surface area (Å²) < 4.78 is 55.2. The van der Waals surface area contributed by atoms with Crippen molar-refractivity contribution in [1.82, 2.24) is 39.7 Å². The summed E-state index contributed by atoms with van der Waals surface area (Å²) in [7, 11) is 0. The van der Waals surface area contributed by atoms with Crippen LogP contribution in [0.25, 0.3) is 33.8 Å². The van der Waals surface area contributed by atoms with Gasteiger partial charge in [-0.2, -0.15) is 5.10 Å². The highest BCUT2D eigenvalue weighted by Gasteiger charge is 2.15. The molecule has 4 N–H and O–H groups in total. The van der Waals surface area contributed by atoms with Gasteiger partial charge in [0.1, 0.15) is 41.5 Å². The lowest BCUT2D eigenvalue weighted by Gasteiger charge is -2.16. The Hall–Kier alpha value is -6.84. The summed E-state index contributed by atoms with van der Waals surface area (Å²) in [4.78, 5) is 25.5. The van der Waals surface area contributed by atoms with Crippen LogP contribution in [0.15, 0.2) is 79.5 Å². The Kier molecular flexibility index (Phi) is 12.2. The first-order valence-corrected chi connectivity index (χ1v) is 17.5. The van der Waals surface area contributed by atoms with Gasteiger partial charge in [-0.3, -0.25) is 24.6 Å². The maximum absolute atomic E-state index is 14.2. The topological polar surface area (TPSA) is 155 Å². The molecule has 12 nitrogen and oxygen atoms in total. The average molecular weight is 763 g/mol. The molecule has 16 heteroatoms. The van der Waals surface area contributed by atoms with E-state index in [9.17, 15) is 17.6 Å². The maximum Gasteiger partial charge on any atom is 0.151 e. The van der Waals surface area contributed by atoms with Gasteiger partial charge >= 0.3 is 0 Å². The number of aromatic nitrogens is 8. The van der Waals surface area contributed by atoms with Gasteiger partial charge in [-0.05, 0) is 87.4 Å². The number of rotatable bonds is 12. The van der Waals surface area contributed by atoms with Crippen molar-refractivity contribution in [3.05, 3.63) is 119 Å². The third kappa shape index (κ3) is 8.92. The second kappa shape index (κ2) is 17.5. The zero-order valence-electron chi connectivity index (χ0n) is 31.0. The minimum absolute atomic E-state index is 0.0974. The van der Waals surface area contributed by atoms with Gasteiger partial charge in [0.15, 0.2) is 11.6 Å². The van der Waals surface area contributed by atoms with Gasteiger partial charge in [-0.25, -0.2) is 27.5 Å². The molecule has 7 aromatic heterocycles. The number of nitrogens with one attached hydrogen (secondary N) is 4. The fraction of sp³-hybridized carbons (Fsp3) is 0.200. The molecule has 7 rings (SSSR count). The number of alkyl halides is 2. The number of fused-ring (bicyclic) bond motifs is 1. The zero-order chi connectivity index (χ0) is 39.8. The summed E-state index contributed by atoms with van der Waals surface area (Å²) in [6.07, 6.45) is 9.32. The van der Waals surface area contributed by atoms with Crippen molar-refractivity contribution in [1.29, 1.82) is 5.41 Å². The molecule has 0 fully saturated rings. The molecule has 286 valence electrons. The molecule has 0 saturated heterocycles. The molecule has 0 aliphatic heterocycles. The molecule has 7 aromatic rings. The Bertz CT molecular complexity index is 2510. The number of pyridine rings is 6. The highest BCUT2D eigenvalue weighted by atomic mass is 19.1. The highest BCUT2D eigenvalue weighted by molar-refractivity contribution is 5.91. The Morgan fingerprint density at radius 2 is 1.27 bits per heavy atom. The van der Waals surface area contributed by atoms with Gasteiger partial charge in [-0.1, -0.05) is 0 Å². The van der Waals surface area contributed by atoms with Crippen molar-refractivity contribution in [2.24, 2.45) is 0 Å². The normalized spacial score (nSPS) is 10.9. The minimum atomic E-state index is -0.553. The monoisotopic (exact) mass is 762 g/mol. The number of hydrogen-bond acceptors (Lipinski definition) is 11. The Labute approximate surface area is 320 Å². The SMILES string of the molecule is Cc1ccc(F)c(-c2cc(Nc3ccnc(C=N)c3NCCF)c(C)cn2)n1.Cc1ccc(F)c(-c2cc(Nc3ccnc4cn(CCF)nc34)c(C)cn2)n1. The van der Waals surface area contributed by atoms with E-state index in [-0.39, 0.29) is 24.5 Å². The lowest BCUT2D eigenvalue weighted by atomic mass is 10.1. The van der Waals surface area contributed by atoms with Crippen LogP contribution < -0.4 is 16.0 Å². The summed E-state index contributed by atoms with van der Waals surface area (Å²) >= 11 is 0. The molecular weight excluding hydrogens is 725 g/mol. The van der Waals surface area contributed by atoms with Crippen LogP contribution in [0.1, 0.15) is 28.2 Å². The lowest BCUT2D eigenvalue weighted by molar-refractivity contribution is 0.428. The molecular formula is C40H38F4N12. The summed E-state index contributed by atoms with van der Waals surface area (Å²) in [5.41, 5.74) is 9.32. The van der Waals surface area contributed by atoms with E-state index in [0.717, 1.165) is 28.7 Å². The average Bonchev–Trinajstić information content (AvgIpc) is 3.62. The van der Waals surface area contributed by atoms with E-state index in [1.54, 1.807) is 81.2 Å². The summed E-state index contributed by atoms with van der Waals surface area (Å²) in [5, 5.41) is 21.4. The smallest absolute Gasteiger partial charge is 0.151 e. The van der Waals surface area contributed by atoms with Gasteiger partial charge < -0.3 is 21.4 Å². The van der Waals surface area contributed by atoms with E-state index in [4.69, 9.17) is 5.41 Å². The molecule has 0 spiro atoms. The molecule has 0 unspecified atom stereocenters. The molecule has 0 atom stereocenters. The molecule has 0 aliphatic carbocycles. The van der Waals surface area contributed by atoms with Crippen LogP contribution in [0.5, 0.6) is 0 Å². The van der Waals surface area contributed by atoms with Crippen LogP contribution in [0, 0.1) is 44.7 Å². The standard InChI is InChI=1S/C20H18F2N6.C20H20F2N6/c1-12-10-24-17(19-14(22)4-3-13(2)25-19)9-16(12)26-15-5-7-23-18-11-28(8-6-21)27-20(15)18;1-12-11-26-17(19-14(22)4-3-13(2)27-19)9-16(12)28-15-5-7-24-18(10-23)20(15)25-8-6-21/h3-5,7,9-11H,6,8H2,1-2H3,(H,24,26);3-5,7,9-11,23,25H,6,8H2,1-2H3,(H,24,26,28). The molecule has 0 bridgehead atoms. The quantitative estimate of drug-likeness (QED) is 0.0701. The summed E-state index contributed by atoms with van der Waals surface area (Å²) in [6, 6.07) is 13.0. The third-order valence-corrected chi connectivity index (χ3v) is 8.48. The van der Waals surface area contributed by atoms with Crippen LogP contribution >= 0.6 is 0 Å². The van der Waals surface area contributed by atoms with Crippen molar-refractivity contribution in [3.63, 3.8) is 0 Å². The second-order valence-corrected chi connectivity index (χ2v) is 12.6. The molecule has 0 saturated carbocycles. The Morgan fingerprint density at radius 3 is 1.84 bits per heavy atom. The third-order valence-electron chi connectivity index (χ3n) is 8.48. The van der Waals surface area contributed by atoms with Crippen LogP contribution in [0.2, 0.25) is 0 Å². The first-order valence-electron chi connectivity index (χ1n) is 17.5. The Morgan fingerprint density at radius 1 is 0.696 bits per heavy atom. The van der Waals surface area contributed by atoms with E-state index < -0.39 is 25.0 Å². The number of halogens is 4. The zero-order valence-corrected chi connectivity index (χ0v) is 31.0. The van der Waals surface area contributed by atoms with Gasteiger partial charge in [0, 0.05) is 60.3 Å². The van der Waals surface area contributed by atoms with E-state index in [1.165, 1.54) is 16.8 Å². The maximum atomic E-state index is 14.2. The molecule has 0 radical (unpaired) electrons. The van der Waals surface area contributed by atoms with Crippen LogP contribution in [-0.4, -0.2) is 65.8 Å². The minimum Gasteiger partial charge on any atom is -0.379 e. The fourth-order valence-corrected chi connectivity index (χ4v) is 5.62. The first kappa shape index (κ1) is 38.9. The van der Waals surface area contributed by atoms with Crippen molar-refractivity contribution < 1.29 is 17.6 Å². The first-order chi connectivity index (χ1) is 27.1.